The van der Waals surface area contributed by atoms with E-state index in [0.29, 0.717) is 0 Å². The van der Waals surface area contributed by atoms with Crippen molar-refractivity contribution in [1.29, 1.82) is 0 Å². The Bertz CT molecular complexity index is 892. The summed E-state index contributed by atoms with van der Waals surface area (Å²) in [6.07, 6.45) is 4.57. The second kappa shape index (κ2) is 7.21. The molecule has 1 N–H and O–H groups in total. The average Bonchev–Trinajstić information content (AvgIpc) is 3.32. The van der Waals surface area contributed by atoms with Crippen molar-refractivity contribution in [2.45, 2.75) is 50.3 Å². The van der Waals surface area contributed by atoms with E-state index in [1.165, 1.54) is 5.39 Å². The van der Waals surface area contributed by atoms with Gasteiger partial charge in [0.1, 0.15) is 0 Å². The lowest BCUT2D eigenvalue weighted by Gasteiger charge is -2.17. The molecule has 26 heavy (non-hydrogen) atoms. The Balaban J connectivity index is 1.72. The molecule has 3 aromatic rings. The van der Waals surface area contributed by atoms with E-state index >= 15 is 0 Å². The molecule has 1 atom stereocenters. The van der Waals surface area contributed by atoms with Gasteiger partial charge in [-0.2, -0.15) is 0 Å². The lowest BCUT2D eigenvalue weighted by molar-refractivity contribution is 0.0953. The Kier molecular flexibility index (Phi) is 4.94. The van der Waals surface area contributed by atoms with Crippen molar-refractivity contribution < 1.29 is 4.74 Å². The van der Waals surface area contributed by atoms with Gasteiger partial charge in [0.15, 0.2) is 11.0 Å². The maximum atomic E-state index is 5.90. The van der Waals surface area contributed by atoms with Crippen molar-refractivity contribution in [3.05, 3.63) is 30.5 Å². The molecule has 1 aliphatic heterocycles. The summed E-state index contributed by atoms with van der Waals surface area (Å²) in [6, 6.07) is 8.36. The second-order valence-electron chi connectivity index (χ2n) is 8.15. The van der Waals surface area contributed by atoms with Gasteiger partial charge in [-0.1, -0.05) is 49.6 Å². The fourth-order valence-corrected chi connectivity index (χ4v) is 5.95. The molecule has 1 saturated heterocycles. The van der Waals surface area contributed by atoms with Gasteiger partial charge in [-0.15, -0.1) is 10.2 Å². The number of ether oxygens (including phenoxy) is 1. The van der Waals surface area contributed by atoms with Crippen LogP contribution in [0.15, 0.2) is 35.6 Å². The smallest absolute Gasteiger partial charge is 0.191 e. The Morgan fingerprint density at radius 3 is 2.88 bits per heavy atom. The van der Waals surface area contributed by atoms with Crippen molar-refractivity contribution in [3.8, 4) is 11.4 Å². The van der Waals surface area contributed by atoms with Crippen molar-refractivity contribution in [1.82, 2.24) is 19.7 Å². The first-order chi connectivity index (χ1) is 12.5. The molecule has 1 fully saturated rings. The Hall–Kier alpha value is -1.57. The van der Waals surface area contributed by atoms with Crippen LogP contribution in [-0.4, -0.2) is 45.9 Å². The maximum Gasteiger partial charge on any atom is 0.191 e. The summed E-state index contributed by atoms with van der Waals surface area (Å²) in [5.41, 5.74) is 2.25. The third-order valence-electron chi connectivity index (χ3n) is 4.59. The monoisotopic (exact) mass is 386 g/mol. The quantitative estimate of drug-likeness (QED) is 0.498. The van der Waals surface area contributed by atoms with Gasteiger partial charge < -0.3 is 9.72 Å². The van der Waals surface area contributed by atoms with Crippen LogP contribution in [0.3, 0.4) is 0 Å². The zero-order valence-corrected chi connectivity index (χ0v) is 17.5. The largest absolute Gasteiger partial charge is 0.376 e. The highest BCUT2D eigenvalue weighted by Crippen LogP contribution is 2.31. The number of H-pyrrole nitrogens is 1. The summed E-state index contributed by atoms with van der Waals surface area (Å²) in [5.74, 6) is 0.941. The number of hydrogen-bond donors (Lipinski definition) is 1. The molecule has 0 spiro atoms. The van der Waals surface area contributed by atoms with Gasteiger partial charge in [0.25, 0.3) is 0 Å². The minimum atomic E-state index is -1.16. The number of aromatic nitrogens is 4. The van der Waals surface area contributed by atoms with Crippen LogP contribution < -0.4 is 0 Å². The predicted octanol–water partition coefficient (Wildman–Crippen LogP) is 4.57. The molecule has 0 aliphatic carbocycles. The summed E-state index contributed by atoms with van der Waals surface area (Å²) in [4.78, 5) is 3.36. The van der Waals surface area contributed by atoms with E-state index in [0.717, 1.165) is 53.4 Å². The van der Waals surface area contributed by atoms with E-state index in [1.54, 1.807) is 0 Å². The Labute approximate surface area is 159 Å². The molecule has 1 aromatic carbocycles. The molecule has 1 unspecified atom stereocenters. The first-order valence-electron chi connectivity index (χ1n) is 9.25. The number of benzene rings is 1. The minimum absolute atomic E-state index is 0.265. The topological polar surface area (TPSA) is 55.7 Å². The molecule has 1 aliphatic rings. The van der Waals surface area contributed by atoms with E-state index in [4.69, 9.17) is 4.74 Å². The van der Waals surface area contributed by atoms with E-state index in [1.807, 2.05) is 18.0 Å². The summed E-state index contributed by atoms with van der Waals surface area (Å²) in [7, 11) is -1.16. The molecule has 0 amide bonds. The van der Waals surface area contributed by atoms with Crippen LogP contribution in [0, 0.1) is 0 Å². The summed E-state index contributed by atoms with van der Waals surface area (Å²) < 4.78 is 8.18. The third-order valence-corrected chi connectivity index (χ3v) is 9.19. The van der Waals surface area contributed by atoms with Crippen LogP contribution in [0.5, 0.6) is 0 Å². The summed E-state index contributed by atoms with van der Waals surface area (Å²) in [5, 5.41) is 12.5. The van der Waals surface area contributed by atoms with E-state index < -0.39 is 8.07 Å². The van der Waals surface area contributed by atoms with Crippen LogP contribution >= 0.6 is 11.8 Å². The fraction of sp³-hybridized carbons (Fsp3) is 0.474. The highest BCUT2D eigenvalue weighted by atomic mass is 32.2. The van der Waals surface area contributed by atoms with E-state index in [9.17, 15) is 0 Å². The van der Waals surface area contributed by atoms with Crippen LogP contribution in [0.2, 0.25) is 19.6 Å². The molecular weight excluding hydrogens is 360 g/mol. The Morgan fingerprint density at radius 1 is 1.27 bits per heavy atom. The number of para-hydroxylation sites is 1. The van der Waals surface area contributed by atoms with Gasteiger partial charge in [0.05, 0.1) is 20.7 Å². The SMILES string of the molecule is C[Si](C)(C)CSc1nnc(-c2c[nH]c3ccccc23)n1CC1CCCO1. The standard InChI is InChI=1S/C19H26N4OSSi/c1-26(2,3)13-25-19-22-21-18(23(19)12-14-7-6-10-24-14)16-11-20-17-9-5-4-8-15(16)17/h4-5,8-9,11,14,20H,6-7,10,12-13H2,1-3H3. The highest BCUT2D eigenvalue weighted by Gasteiger charge is 2.24. The zero-order valence-electron chi connectivity index (χ0n) is 15.7. The minimum Gasteiger partial charge on any atom is -0.376 e. The number of thioether (sulfide) groups is 1. The third kappa shape index (κ3) is 3.75. The van der Waals surface area contributed by atoms with Crippen LogP contribution in [0.1, 0.15) is 12.8 Å². The molecule has 0 bridgehead atoms. The number of nitrogens with zero attached hydrogens (tertiary/aromatic N) is 3. The first kappa shape index (κ1) is 17.8. The lowest BCUT2D eigenvalue weighted by Crippen LogP contribution is -2.24. The van der Waals surface area contributed by atoms with Gasteiger partial charge in [0, 0.05) is 29.3 Å². The van der Waals surface area contributed by atoms with Crippen LogP contribution in [0.4, 0.5) is 0 Å². The van der Waals surface area contributed by atoms with Crippen molar-refractivity contribution in [3.63, 3.8) is 0 Å². The maximum absolute atomic E-state index is 5.90. The lowest BCUT2D eigenvalue weighted by atomic mass is 10.1. The number of rotatable bonds is 6. The van der Waals surface area contributed by atoms with Crippen molar-refractivity contribution in [2.24, 2.45) is 0 Å². The highest BCUT2D eigenvalue weighted by molar-refractivity contribution is 8.00. The Morgan fingerprint density at radius 2 is 2.12 bits per heavy atom. The molecule has 2 aromatic heterocycles. The van der Waals surface area contributed by atoms with Gasteiger partial charge in [0.2, 0.25) is 0 Å². The molecule has 0 saturated carbocycles. The van der Waals surface area contributed by atoms with Crippen molar-refractivity contribution >= 4 is 30.7 Å². The van der Waals surface area contributed by atoms with E-state index in [-0.39, 0.29) is 6.10 Å². The van der Waals surface area contributed by atoms with Crippen molar-refractivity contribution in [2.75, 3.05) is 12.0 Å². The van der Waals surface area contributed by atoms with Gasteiger partial charge >= 0.3 is 0 Å². The summed E-state index contributed by atoms with van der Waals surface area (Å²) in [6.45, 7) is 8.87. The predicted molar refractivity (Wildman–Crippen MR) is 110 cm³/mol. The molecular formula is C19H26N4OSSi. The molecule has 4 rings (SSSR count). The molecule has 138 valence electrons. The van der Waals surface area contributed by atoms with Gasteiger partial charge in [-0.25, -0.2) is 0 Å². The van der Waals surface area contributed by atoms with Crippen LogP contribution in [0.25, 0.3) is 22.3 Å². The number of fused-ring (bicyclic) bond motifs is 1. The van der Waals surface area contributed by atoms with Crippen LogP contribution in [-0.2, 0) is 11.3 Å². The zero-order chi connectivity index (χ0) is 18.1. The van der Waals surface area contributed by atoms with Gasteiger partial charge in [-0.3, -0.25) is 4.57 Å². The molecule has 3 heterocycles. The summed E-state index contributed by atoms with van der Waals surface area (Å²) >= 11 is 1.85. The molecule has 0 radical (unpaired) electrons. The van der Waals surface area contributed by atoms with Gasteiger partial charge in [-0.05, 0) is 24.3 Å². The number of hydrogen-bond acceptors (Lipinski definition) is 4. The average molecular weight is 387 g/mol. The molecule has 5 nitrogen and oxygen atoms in total. The number of aromatic amines is 1. The normalized spacial score (nSPS) is 18.0. The fourth-order valence-electron chi connectivity index (χ4n) is 3.29. The first-order valence-corrected chi connectivity index (χ1v) is 13.9. The second-order valence-corrected chi connectivity index (χ2v) is 15.1. The molecule has 7 heteroatoms. The van der Waals surface area contributed by atoms with E-state index in [2.05, 4.69) is 63.7 Å². The number of nitrogens with one attached hydrogen (secondary N) is 1.